The summed E-state index contributed by atoms with van der Waals surface area (Å²) in [7, 11) is 1.24. The first-order valence-electron chi connectivity index (χ1n) is 7.38. The van der Waals surface area contributed by atoms with E-state index in [0.717, 1.165) is 16.6 Å². The van der Waals surface area contributed by atoms with Crippen molar-refractivity contribution in [1.82, 2.24) is 4.98 Å². The fourth-order valence-electron chi connectivity index (χ4n) is 2.27. The molecule has 4 nitrogen and oxygen atoms in total. The molecule has 0 saturated carbocycles. The standard InChI is InChI=1S/C16H24BNO3S/c1-11-7-12(9-18-14(11)19-6)8-13(10-22)17-20-15(2,3)16(4,5)21-17/h7-9,22H,10H2,1-6H3. The van der Waals surface area contributed by atoms with Crippen LogP contribution in [0.2, 0.25) is 0 Å². The molecule has 1 aliphatic heterocycles. The first-order chi connectivity index (χ1) is 10.2. The van der Waals surface area contributed by atoms with Gasteiger partial charge in [-0.3, -0.25) is 0 Å². The first kappa shape index (κ1) is 17.4. The van der Waals surface area contributed by atoms with Crippen LogP contribution in [0.1, 0.15) is 38.8 Å². The number of ether oxygens (including phenoxy) is 1. The van der Waals surface area contributed by atoms with E-state index in [-0.39, 0.29) is 18.3 Å². The van der Waals surface area contributed by atoms with Gasteiger partial charge in [-0.05, 0) is 51.7 Å². The third kappa shape index (κ3) is 3.34. The Labute approximate surface area is 138 Å². The first-order valence-corrected chi connectivity index (χ1v) is 8.01. The predicted octanol–water partition coefficient (Wildman–Crippen LogP) is 3.34. The Kier molecular flexibility index (Phi) is 4.95. The van der Waals surface area contributed by atoms with Gasteiger partial charge in [0.05, 0.1) is 18.3 Å². The van der Waals surface area contributed by atoms with Crippen LogP contribution < -0.4 is 4.74 Å². The quantitative estimate of drug-likeness (QED) is 0.682. The highest BCUT2D eigenvalue weighted by molar-refractivity contribution is 7.80. The molecule has 22 heavy (non-hydrogen) atoms. The van der Waals surface area contributed by atoms with E-state index in [1.807, 2.05) is 46.8 Å². The fraction of sp³-hybridized carbons (Fsp3) is 0.562. The van der Waals surface area contributed by atoms with E-state index in [0.29, 0.717) is 11.6 Å². The van der Waals surface area contributed by atoms with Gasteiger partial charge in [-0.2, -0.15) is 12.6 Å². The summed E-state index contributed by atoms with van der Waals surface area (Å²) in [6, 6.07) is 2.03. The van der Waals surface area contributed by atoms with Crippen LogP contribution in [0.25, 0.3) is 6.08 Å². The summed E-state index contributed by atoms with van der Waals surface area (Å²) >= 11 is 4.43. The maximum Gasteiger partial charge on any atom is 0.491 e. The number of aryl methyl sites for hydroxylation is 1. The average Bonchev–Trinajstić information content (AvgIpc) is 2.65. The van der Waals surface area contributed by atoms with E-state index in [2.05, 4.69) is 17.6 Å². The van der Waals surface area contributed by atoms with E-state index in [1.165, 1.54) is 0 Å². The molecule has 0 atom stereocenters. The molecule has 1 saturated heterocycles. The fourth-order valence-corrected chi connectivity index (χ4v) is 2.51. The lowest BCUT2D eigenvalue weighted by Crippen LogP contribution is -2.41. The van der Waals surface area contributed by atoms with E-state index >= 15 is 0 Å². The van der Waals surface area contributed by atoms with Gasteiger partial charge in [0.2, 0.25) is 5.88 Å². The minimum atomic E-state index is -0.384. The lowest BCUT2D eigenvalue weighted by Gasteiger charge is -2.32. The van der Waals surface area contributed by atoms with Gasteiger partial charge in [-0.15, -0.1) is 0 Å². The third-order valence-electron chi connectivity index (χ3n) is 4.34. The summed E-state index contributed by atoms with van der Waals surface area (Å²) in [5.74, 6) is 1.20. The normalized spacial score (nSPS) is 20.3. The van der Waals surface area contributed by atoms with E-state index in [1.54, 1.807) is 13.3 Å². The maximum atomic E-state index is 6.08. The third-order valence-corrected chi connectivity index (χ3v) is 4.70. The second kappa shape index (κ2) is 6.26. The second-order valence-corrected chi connectivity index (χ2v) is 6.88. The molecule has 0 amide bonds. The van der Waals surface area contributed by atoms with Crippen LogP contribution in [0, 0.1) is 6.92 Å². The van der Waals surface area contributed by atoms with Crippen molar-refractivity contribution in [2.45, 2.75) is 45.8 Å². The molecule has 2 rings (SSSR count). The molecule has 0 spiro atoms. The monoisotopic (exact) mass is 321 g/mol. The van der Waals surface area contributed by atoms with Gasteiger partial charge in [-0.1, -0.05) is 6.08 Å². The van der Waals surface area contributed by atoms with Crippen LogP contribution in [-0.2, 0) is 9.31 Å². The summed E-state index contributed by atoms with van der Waals surface area (Å²) < 4.78 is 17.3. The summed E-state index contributed by atoms with van der Waals surface area (Å²) in [4.78, 5) is 4.29. The molecule has 0 unspecified atom stereocenters. The van der Waals surface area contributed by atoms with Gasteiger partial charge in [0.1, 0.15) is 0 Å². The second-order valence-electron chi connectivity index (χ2n) is 6.56. The molecule has 0 bridgehead atoms. The molecule has 0 N–H and O–H groups in total. The topological polar surface area (TPSA) is 40.6 Å². The SMILES string of the molecule is COc1ncc(C=C(CS)B2OC(C)(C)C(C)(C)O2)cc1C. The van der Waals surface area contributed by atoms with Crippen LogP contribution in [-0.4, -0.2) is 36.2 Å². The lowest BCUT2D eigenvalue weighted by atomic mass is 9.78. The van der Waals surface area contributed by atoms with Crippen molar-refractivity contribution in [3.63, 3.8) is 0 Å². The Hall–Kier alpha value is -0.975. The molecular weight excluding hydrogens is 297 g/mol. The maximum absolute atomic E-state index is 6.08. The van der Waals surface area contributed by atoms with Crippen LogP contribution in [0.4, 0.5) is 0 Å². The van der Waals surface area contributed by atoms with Crippen molar-refractivity contribution in [3.8, 4) is 5.88 Å². The van der Waals surface area contributed by atoms with Crippen molar-refractivity contribution < 1.29 is 14.0 Å². The summed E-state index contributed by atoms with van der Waals surface area (Å²) in [5.41, 5.74) is 2.25. The molecule has 2 heterocycles. The highest BCUT2D eigenvalue weighted by Gasteiger charge is 2.52. The number of rotatable bonds is 4. The molecule has 0 aliphatic carbocycles. The average molecular weight is 321 g/mol. The Morgan fingerprint density at radius 1 is 1.32 bits per heavy atom. The lowest BCUT2D eigenvalue weighted by molar-refractivity contribution is 0.00578. The van der Waals surface area contributed by atoms with Crippen molar-refractivity contribution in [3.05, 3.63) is 28.9 Å². The molecule has 1 aromatic heterocycles. The largest absolute Gasteiger partial charge is 0.491 e. The van der Waals surface area contributed by atoms with Crippen LogP contribution in [0.3, 0.4) is 0 Å². The van der Waals surface area contributed by atoms with Crippen molar-refractivity contribution >= 4 is 25.8 Å². The smallest absolute Gasteiger partial charge is 0.481 e. The van der Waals surface area contributed by atoms with Crippen molar-refractivity contribution in [1.29, 1.82) is 0 Å². The number of aromatic nitrogens is 1. The van der Waals surface area contributed by atoms with Crippen LogP contribution in [0.5, 0.6) is 5.88 Å². The zero-order valence-electron chi connectivity index (χ0n) is 14.1. The molecule has 1 aromatic rings. The predicted molar refractivity (Wildman–Crippen MR) is 93.4 cm³/mol. The van der Waals surface area contributed by atoms with Crippen molar-refractivity contribution in [2.24, 2.45) is 0 Å². The molecule has 120 valence electrons. The van der Waals surface area contributed by atoms with Gasteiger partial charge >= 0.3 is 7.12 Å². The van der Waals surface area contributed by atoms with Crippen molar-refractivity contribution in [2.75, 3.05) is 12.9 Å². The molecule has 0 radical (unpaired) electrons. The molecule has 1 fully saturated rings. The highest BCUT2D eigenvalue weighted by atomic mass is 32.1. The highest BCUT2D eigenvalue weighted by Crippen LogP contribution is 2.39. The van der Waals surface area contributed by atoms with Gasteiger partial charge < -0.3 is 14.0 Å². The summed E-state index contributed by atoms with van der Waals surface area (Å²) in [6.45, 7) is 10.1. The Morgan fingerprint density at radius 3 is 2.36 bits per heavy atom. The number of nitrogens with zero attached hydrogens (tertiary/aromatic N) is 1. The number of hydrogen-bond donors (Lipinski definition) is 1. The summed E-state index contributed by atoms with van der Waals surface area (Å²) in [6.07, 6.45) is 3.80. The molecule has 6 heteroatoms. The number of thiol groups is 1. The van der Waals surface area contributed by atoms with Gasteiger partial charge in [-0.25, -0.2) is 4.98 Å². The number of hydrogen-bond acceptors (Lipinski definition) is 5. The summed E-state index contributed by atoms with van der Waals surface area (Å²) in [5, 5.41) is 0. The zero-order valence-corrected chi connectivity index (χ0v) is 15.0. The van der Waals surface area contributed by atoms with E-state index in [9.17, 15) is 0 Å². The van der Waals surface area contributed by atoms with Gasteiger partial charge in [0, 0.05) is 17.5 Å². The Morgan fingerprint density at radius 2 is 1.91 bits per heavy atom. The van der Waals surface area contributed by atoms with Crippen LogP contribution >= 0.6 is 12.6 Å². The molecular formula is C16H24BNO3S. The zero-order chi connectivity index (χ0) is 16.5. The van der Waals surface area contributed by atoms with Gasteiger partial charge in [0.25, 0.3) is 0 Å². The Bertz CT molecular complexity index is 571. The van der Waals surface area contributed by atoms with Gasteiger partial charge in [0.15, 0.2) is 0 Å². The van der Waals surface area contributed by atoms with Crippen LogP contribution in [0.15, 0.2) is 17.7 Å². The number of methoxy groups -OCH3 is 1. The van der Waals surface area contributed by atoms with E-state index < -0.39 is 0 Å². The minimum absolute atomic E-state index is 0.353. The minimum Gasteiger partial charge on any atom is -0.481 e. The van der Waals surface area contributed by atoms with E-state index in [4.69, 9.17) is 14.0 Å². The molecule has 0 aromatic carbocycles. The molecule has 1 aliphatic rings. The Balaban J connectivity index is 2.27. The number of pyridine rings is 1.